The molecule has 1 aliphatic rings. The first-order valence-corrected chi connectivity index (χ1v) is 8.51. The summed E-state index contributed by atoms with van der Waals surface area (Å²) >= 11 is 0. The molecule has 1 atom stereocenters. The van der Waals surface area contributed by atoms with Crippen LogP contribution in [0.15, 0.2) is 21.3 Å². The van der Waals surface area contributed by atoms with E-state index in [0.717, 1.165) is 48.1 Å². The SMILES string of the molecule is Cc1c(C(C)C)oc(=O)c2cc(NC3CCCCO3)c(C=N)cc12. The minimum Gasteiger partial charge on any atom is -0.427 e. The van der Waals surface area contributed by atoms with Crippen molar-refractivity contribution in [1.82, 2.24) is 0 Å². The monoisotopic (exact) mass is 328 g/mol. The molecule has 1 aliphatic heterocycles. The normalized spacial score (nSPS) is 18.1. The predicted molar refractivity (Wildman–Crippen MR) is 96.4 cm³/mol. The van der Waals surface area contributed by atoms with Crippen LogP contribution in [0, 0.1) is 12.3 Å². The van der Waals surface area contributed by atoms with Crippen molar-refractivity contribution in [2.24, 2.45) is 0 Å². The largest absolute Gasteiger partial charge is 0.427 e. The van der Waals surface area contributed by atoms with Gasteiger partial charge in [-0.05, 0) is 49.3 Å². The molecule has 2 aromatic rings. The lowest BCUT2D eigenvalue weighted by molar-refractivity contribution is 0.0343. The smallest absolute Gasteiger partial charge is 0.343 e. The summed E-state index contributed by atoms with van der Waals surface area (Å²) < 4.78 is 11.2. The number of anilines is 1. The lowest BCUT2D eigenvalue weighted by Gasteiger charge is -2.25. The molecule has 1 unspecified atom stereocenters. The quantitative estimate of drug-likeness (QED) is 0.826. The number of ether oxygens (including phenoxy) is 1. The summed E-state index contributed by atoms with van der Waals surface area (Å²) in [5.41, 5.74) is 2.13. The second kappa shape index (κ2) is 6.77. The summed E-state index contributed by atoms with van der Waals surface area (Å²) in [6, 6.07) is 3.68. The van der Waals surface area contributed by atoms with Crippen LogP contribution in [0.4, 0.5) is 5.69 Å². The number of nitrogens with one attached hydrogen (secondary N) is 2. The van der Waals surface area contributed by atoms with Crippen molar-refractivity contribution in [2.75, 3.05) is 11.9 Å². The van der Waals surface area contributed by atoms with E-state index in [1.54, 1.807) is 6.07 Å². The summed E-state index contributed by atoms with van der Waals surface area (Å²) in [4.78, 5) is 12.4. The van der Waals surface area contributed by atoms with E-state index in [4.69, 9.17) is 14.6 Å². The number of rotatable bonds is 4. The molecule has 2 heterocycles. The minimum atomic E-state index is -0.330. The Kier molecular flexibility index (Phi) is 4.71. The maximum absolute atomic E-state index is 12.4. The maximum atomic E-state index is 12.4. The van der Waals surface area contributed by atoms with E-state index in [1.807, 2.05) is 26.8 Å². The van der Waals surface area contributed by atoms with Gasteiger partial charge in [0.2, 0.25) is 0 Å². The summed E-state index contributed by atoms with van der Waals surface area (Å²) in [6.45, 7) is 6.71. The zero-order valence-electron chi connectivity index (χ0n) is 14.4. The van der Waals surface area contributed by atoms with Crippen LogP contribution in [0.1, 0.15) is 55.9 Å². The van der Waals surface area contributed by atoms with Crippen LogP contribution in [-0.2, 0) is 4.74 Å². The Balaban J connectivity index is 2.11. The molecule has 3 rings (SSSR count). The van der Waals surface area contributed by atoms with E-state index in [-0.39, 0.29) is 17.8 Å². The fraction of sp³-hybridized carbons (Fsp3) is 0.474. The van der Waals surface area contributed by atoms with Crippen molar-refractivity contribution < 1.29 is 9.15 Å². The summed E-state index contributed by atoms with van der Waals surface area (Å²) in [6.07, 6.45) is 4.36. The van der Waals surface area contributed by atoms with Crippen LogP contribution in [-0.4, -0.2) is 19.0 Å². The first kappa shape index (κ1) is 16.7. The van der Waals surface area contributed by atoms with Gasteiger partial charge in [-0.3, -0.25) is 0 Å². The van der Waals surface area contributed by atoms with Crippen molar-refractivity contribution in [3.8, 4) is 0 Å². The molecule has 24 heavy (non-hydrogen) atoms. The topological polar surface area (TPSA) is 75.3 Å². The van der Waals surface area contributed by atoms with Crippen molar-refractivity contribution >= 4 is 22.7 Å². The van der Waals surface area contributed by atoms with Crippen LogP contribution in [0.25, 0.3) is 10.8 Å². The van der Waals surface area contributed by atoms with Gasteiger partial charge in [0, 0.05) is 30.0 Å². The molecular weight excluding hydrogens is 304 g/mol. The summed E-state index contributed by atoms with van der Waals surface area (Å²) in [5, 5.41) is 12.4. The molecule has 1 fully saturated rings. The molecule has 0 amide bonds. The van der Waals surface area contributed by atoms with Gasteiger partial charge >= 0.3 is 5.63 Å². The van der Waals surface area contributed by atoms with Crippen molar-refractivity contribution in [1.29, 1.82) is 5.41 Å². The average molecular weight is 328 g/mol. The number of benzene rings is 1. The number of aryl methyl sites for hydroxylation is 1. The van der Waals surface area contributed by atoms with Gasteiger partial charge in [-0.25, -0.2) is 4.79 Å². The van der Waals surface area contributed by atoms with Crippen LogP contribution in [0.3, 0.4) is 0 Å². The Morgan fingerprint density at radius 1 is 1.29 bits per heavy atom. The van der Waals surface area contributed by atoms with Gasteiger partial charge in [0.15, 0.2) is 0 Å². The van der Waals surface area contributed by atoms with Crippen LogP contribution in [0.5, 0.6) is 0 Å². The molecule has 1 aromatic heterocycles. The number of hydrogen-bond acceptors (Lipinski definition) is 5. The molecule has 0 aliphatic carbocycles. The van der Waals surface area contributed by atoms with Gasteiger partial charge in [0.05, 0.1) is 5.39 Å². The third-order valence-electron chi connectivity index (χ3n) is 4.56. The summed E-state index contributed by atoms with van der Waals surface area (Å²) in [5.74, 6) is 0.846. The molecule has 0 bridgehead atoms. The third kappa shape index (κ3) is 3.08. The molecule has 2 N–H and O–H groups in total. The van der Waals surface area contributed by atoms with E-state index < -0.39 is 0 Å². The second-order valence-corrected chi connectivity index (χ2v) is 6.66. The Labute approximate surface area is 141 Å². The van der Waals surface area contributed by atoms with E-state index in [9.17, 15) is 4.79 Å². The molecule has 128 valence electrons. The molecule has 5 heteroatoms. The lowest BCUT2D eigenvalue weighted by Crippen LogP contribution is -2.27. The van der Waals surface area contributed by atoms with Gasteiger partial charge in [-0.15, -0.1) is 0 Å². The summed E-state index contributed by atoms with van der Waals surface area (Å²) in [7, 11) is 0. The second-order valence-electron chi connectivity index (χ2n) is 6.66. The molecule has 5 nitrogen and oxygen atoms in total. The highest BCUT2D eigenvalue weighted by Crippen LogP contribution is 2.29. The van der Waals surface area contributed by atoms with Crippen LogP contribution in [0.2, 0.25) is 0 Å². The zero-order chi connectivity index (χ0) is 17.3. The van der Waals surface area contributed by atoms with Crippen LogP contribution >= 0.6 is 0 Å². The predicted octanol–water partition coefficient (Wildman–Crippen LogP) is 4.16. The molecule has 1 saturated heterocycles. The van der Waals surface area contributed by atoms with E-state index in [0.29, 0.717) is 11.1 Å². The first-order valence-electron chi connectivity index (χ1n) is 8.51. The molecule has 0 spiro atoms. The standard InChI is InChI=1S/C19H24N2O3/c1-11(2)18-12(3)14-8-13(10-20)16(9-15(14)19(22)24-18)21-17-6-4-5-7-23-17/h8-11,17,20-21H,4-7H2,1-3H3. The van der Waals surface area contributed by atoms with Crippen molar-refractivity contribution in [3.63, 3.8) is 0 Å². The zero-order valence-corrected chi connectivity index (χ0v) is 14.4. The Morgan fingerprint density at radius 2 is 2.08 bits per heavy atom. The molecule has 0 saturated carbocycles. The fourth-order valence-corrected chi connectivity index (χ4v) is 3.28. The molecule has 1 aromatic carbocycles. The van der Waals surface area contributed by atoms with E-state index >= 15 is 0 Å². The molecular formula is C19H24N2O3. The minimum absolute atomic E-state index is 0.0713. The highest BCUT2D eigenvalue weighted by Gasteiger charge is 2.18. The number of hydrogen-bond donors (Lipinski definition) is 2. The third-order valence-corrected chi connectivity index (χ3v) is 4.56. The van der Waals surface area contributed by atoms with Gasteiger partial charge < -0.3 is 19.9 Å². The fourth-order valence-electron chi connectivity index (χ4n) is 3.28. The average Bonchev–Trinajstić information content (AvgIpc) is 2.58. The Hall–Kier alpha value is -2.14. The highest BCUT2D eigenvalue weighted by molar-refractivity contribution is 5.97. The van der Waals surface area contributed by atoms with E-state index in [2.05, 4.69) is 5.32 Å². The van der Waals surface area contributed by atoms with Crippen molar-refractivity contribution in [3.05, 3.63) is 39.4 Å². The van der Waals surface area contributed by atoms with E-state index in [1.165, 1.54) is 6.21 Å². The van der Waals surface area contributed by atoms with Gasteiger partial charge in [-0.1, -0.05) is 13.8 Å². The molecule has 0 radical (unpaired) electrons. The maximum Gasteiger partial charge on any atom is 0.343 e. The van der Waals surface area contributed by atoms with Gasteiger partial charge in [0.25, 0.3) is 0 Å². The Morgan fingerprint density at radius 3 is 2.71 bits per heavy atom. The van der Waals surface area contributed by atoms with Crippen molar-refractivity contribution in [2.45, 2.75) is 52.2 Å². The number of fused-ring (bicyclic) bond motifs is 1. The van der Waals surface area contributed by atoms with Crippen LogP contribution < -0.4 is 10.9 Å². The lowest BCUT2D eigenvalue weighted by atomic mass is 9.98. The highest BCUT2D eigenvalue weighted by atomic mass is 16.5. The Bertz CT molecular complexity index is 817. The first-order chi connectivity index (χ1) is 11.5. The van der Waals surface area contributed by atoms with Gasteiger partial charge in [0.1, 0.15) is 12.0 Å². The van der Waals surface area contributed by atoms with Gasteiger partial charge in [-0.2, -0.15) is 0 Å².